The molecule has 5 aromatic rings. The van der Waals surface area contributed by atoms with Crippen molar-refractivity contribution < 1.29 is 9.90 Å². The number of aliphatic hydroxyl groups excluding tert-OH is 1. The fraction of sp³-hybridized carbons (Fsp3) is 0.214. The lowest BCUT2D eigenvalue weighted by atomic mass is 10.0. The summed E-state index contributed by atoms with van der Waals surface area (Å²) in [6, 6.07) is 12.9. The van der Waals surface area contributed by atoms with Gasteiger partial charge >= 0.3 is 0 Å². The third kappa shape index (κ3) is 4.51. The molecule has 10 heteroatoms. The molecule has 4 aromatic heterocycles. The molecule has 38 heavy (non-hydrogen) atoms. The molecule has 0 bridgehead atoms. The SMILES string of the molecule is Cn1cc(-c2cc(-c3cnccc3N3CCN(C(=O)C(O)c4cccc(Cl)c4)CC3)c3ccnn3c2)cn1. The predicted octanol–water partition coefficient (Wildman–Crippen LogP) is 3.83. The van der Waals surface area contributed by atoms with Crippen LogP contribution in [0.3, 0.4) is 0 Å². The van der Waals surface area contributed by atoms with Gasteiger partial charge in [0.25, 0.3) is 5.91 Å². The highest BCUT2D eigenvalue weighted by Gasteiger charge is 2.28. The quantitative estimate of drug-likeness (QED) is 0.373. The topological polar surface area (TPSA) is 91.8 Å². The van der Waals surface area contributed by atoms with E-state index in [1.807, 2.05) is 48.5 Å². The van der Waals surface area contributed by atoms with E-state index >= 15 is 0 Å². The van der Waals surface area contributed by atoms with Gasteiger partial charge in [-0.2, -0.15) is 10.2 Å². The number of rotatable bonds is 5. The van der Waals surface area contributed by atoms with Crippen LogP contribution in [0.5, 0.6) is 0 Å². The summed E-state index contributed by atoms with van der Waals surface area (Å²) in [6.45, 7) is 2.25. The molecule has 0 aliphatic carbocycles. The number of amides is 1. The van der Waals surface area contributed by atoms with Gasteiger partial charge in [0.05, 0.1) is 11.7 Å². The zero-order chi connectivity index (χ0) is 26.2. The number of aryl methyl sites for hydroxylation is 1. The molecule has 1 aliphatic heterocycles. The first-order valence-corrected chi connectivity index (χ1v) is 12.7. The summed E-state index contributed by atoms with van der Waals surface area (Å²) >= 11 is 6.05. The number of anilines is 1. The Hall–Kier alpha value is -4.21. The number of benzene rings is 1. The zero-order valence-electron chi connectivity index (χ0n) is 20.8. The number of aliphatic hydroxyl groups is 1. The standard InChI is InChI=1S/C28H26ClN7O2/c1-33-17-21(15-32-33)20-14-23(26-6-8-31-36(26)18-20)24-16-30-7-5-25(24)34-9-11-35(12-10-34)28(38)27(37)19-3-2-4-22(29)13-19/h2-8,13-18,27,37H,9-12H2,1H3. The van der Waals surface area contributed by atoms with E-state index in [1.165, 1.54) is 0 Å². The Morgan fingerprint density at radius 2 is 1.79 bits per heavy atom. The van der Waals surface area contributed by atoms with Crippen LogP contribution in [0.15, 0.2) is 79.6 Å². The largest absolute Gasteiger partial charge is 0.378 e. The fourth-order valence-electron chi connectivity index (χ4n) is 5.00. The lowest BCUT2D eigenvalue weighted by molar-refractivity contribution is -0.140. The molecule has 192 valence electrons. The molecule has 5 heterocycles. The second-order valence-electron chi connectivity index (χ2n) is 9.37. The first kappa shape index (κ1) is 24.1. The van der Waals surface area contributed by atoms with Crippen LogP contribution in [0.4, 0.5) is 5.69 Å². The molecular weight excluding hydrogens is 502 g/mol. The van der Waals surface area contributed by atoms with Gasteiger partial charge in [0.15, 0.2) is 6.10 Å². The molecule has 1 aromatic carbocycles. The van der Waals surface area contributed by atoms with Crippen molar-refractivity contribution in [3.8, 4) is 22.3 Å². The van der Waals surface area contributed by atoms with Crippen molar-refractivity contribution in [3.63, 3.8) is 0 Å². The van der Waals surface area contributed by atoms with Gasteiger partial charge in [-0.25, -0.2) is 4.52 Å². The molecule has 0 radical (unpaired) electrons. The van der Waals surface area contributed by atoms with Crippen LogP contribution in [0.2, 0.25) is 5.02 Å². The van der Waals surface area contributed by atoms with Gasteiger partial charge in [0, 0.05) is 97.2 Å². The number of carbonyl (C=O) groups excluding carboxylic acids is 1. The Bertz CT molecular complexity index is 1620. The monoisotopic (exact) mass is 527 g/mol. The maximum atomic E-state index is 13.0. The molecule has 1 fully saturated rings. The van der Waals surface area contributed by atoms with E-state index in [9.17, 15) is 9.90 Å². The van der Waals surface area contributed by atoms with Crippen LogP contribution in [0.25, 0.3) is 27.8 Å². The normalized spacial score (nSPS) is 14.7. The summed E-state index contributed by atoms with van der Waals surface area (Å²) in [6.07, 6.45) is 10.0. The summed E-state index contributed by atoms with van der Waals surface area (Å²) in [5, 5.41) is 20.0. The third-order valence-electron chi connectivity index (χ3n) is 6.96. The van der Waals surface area contributed by atoms with E-state index in [2.05, 4.69) is 26.1 Å². The summed E-state index contributed by atoms with van der Waals surface area (Å²) in [5.74, 6) is -0.313. The molecule has 0 saturated carbocycles. The highest BCUT2D eigenvalue weighted by Crippen LogP contribution is 2.36. The van der Waals surface area contributed by atoms with E-state index in [4.69, 9.17) is 11.6 Å². The van der Waals surface area contributed by atoms with Crippen molar-refractivity contribution in [3.05, 3.63) is 90.2 Å². The molecule has 1 amide bonds. The number of pyridine rings is 2. The Morgan fingerprint density at radius 1 is 0.947 bits per heavy atom. The van der Waals surface area contributed by atoms with Gasteiger partial charge in [-0.1, -0.05) is 23.7 Å². The Labute approximate surface area is 224 Å². The van der Waals surface area contributed by atoms with Crippen LogP contribution in [-0.4, -0.2) is 66.5 Å². The second-order valence-corrected chi connectivity index (χ2v) is 9.81. The van der Waals surface area contributed by atoms with Gasteiger partial charge in [0.1, 0.15) is 0 Å². The molecule has 9 nitrogen and oxygen atoms in total. The summed E-state index contributed by atoms with van der Waals surface area (Å²) in [7, 11) is 1.90. The van der Waals surface area contributed by atoms with E-state index in [0.29, 0.717) is 36.8 Å². The minimum Gasteiger partial charge on any atom is -0.378 e. The lowest BCUT2D eigenvalue weighted by Crippen LogP contribution is -2.50. The number of carbonyl (C=O) groups is 1. The lowest BCUT2D eigenvalue weighted by Gasteiger charge is -2.37. The molecule has 0 spiro atoms. The maximum Gasteiger partial charge on any atom is 0.256 e. The molecular formula is C28H26ClN7O2. The zero-order valence-corrected chi connectivity index (χ0v) is 21.5. The minimum absolute atomic E-state index is 0.313. The van der Waals surface area contributed by atoms with Gasteiger partial charge in [0.2, 0.25) is 0 Å². The van der Waals surface area contributed by atoms with Crippen LogP contribution in [0, 0.1) is 0 Å². The van der Waals surface area contributed by atoms with Crippen LogP contribution in [-0.2, 0) is 11.8 Å². The van der Waals surface area contributed by atoms with Crippen LogP contribution < -0.4 is 4.90 Å². The highest BCUT2D eigenvalue weighted by molar-refractivity contribution is 6.30. The van der Waals surface area contributed by atoms with Crippen molar-refractivity contribution in [1.29, 1.82) is 0 Å². The predicted molar refractivity (Wildman–Crippen MR) is 146 cm³/mol. The Balaban J connectivity index is 1.27. The number of nitrogens with zero attached hydrogens (tertiary/aromatic N) is 7. The number of halogens is 1. The second kappa shape index (κ2) is 9.92. The number of piperazine rings is 1. The molecule has 1 atom stereocenters. The van der Waals surface area contributed by atoms with Gasteiger partial charge in [-0.05, 0) is 35.9 Å². The van der Waals surface area contributed by atoms with E-state index in [-0.39, 0.29) is 5.91 Å². The average molecular weight is 528 g/mol. The summed E-state index contributed by atoms with van der Waals surface area (Å²) in [4.78, 5) is 21.4. The molecule has 6 rings (SSSR count). The maximum absolute atomic E-state index is 13.0. The summed E-state index contributed by atoms with van der Waals surface area (Å²) in [5.41, 5.74) is 6.52. The number of hydrogen-bond acceptors (Lipinski definition) is 6. The first-order chi connectivity index (χ1) is 18.5. The average Bonchev–Trinajstić information content (AvgIpc) is 3.61. The van der Waals surface area contributed by atoms with Gasteiger partial charge < -0.3 is 14.9 Å². The smallest absolute Gasteiger partial charge is 0.256 e. The number of aromatic nitrogens is 5. The van der Waals surface area contributed by atoms with Crippen molar-refractivity contribution >= 4 is 28.7 Å². The molecule has 1 unspecified atom stereocenters. The fourth-order valence-corrected chi connectivity index (χ4v) is 5.20. The van der Waals surface area contributed by atoms with Crippen molar-refractivity contribution in [2.45, 2.75) is 6.10 Å². The highest BCUT2D eigenvalue weighted by atomic mass is 35.5. The van der Waals surface area contributed by atoms with E-state index < -0.39 is 6.10 Å². The third-order valence-corrected chi connectivity index (χ3v) is 7.20. The summed E-state index contributed by atoms with van der Waals surface area (Å²) < 4.78 is 3.66. The van der Waals surface area contributed by atoms with Gasteiger partial charge in [-0.15, -0.1) is 0 Å². The van der Waals surface area contributed by atoms with Crippen molar-refractivity contribution in [2.24, 2.45) is 7.05 Å². The molecule has 1 saturated heterocycles. The van der Waals surface area contributed by atoms with E-state index in [1.54, 1.807) is 46.2 Å². The number of fused-ring (bicyclic) bond motifs is 1. The Morgan fingerprint density at radius 3 is 2.55 bits per heavy atom. The van der Waals surface area contributed by atoms with Crippen LogP contribution in [0.1, 0.15) is 11.7 Å². The molecule has 1 N–H and O–H groups in total. The first-order valence-electron chi connectivity index (χ1n) is 12.4. The van der Waals surface area contributed by atoms with Gasteiger partial charge in [-0.3, -0.25) is 14.5 Å². The van der Waals surface area contributed by atoms with Crippen molar-refractivity contribution in [1.82, 2.24) is 29.3 Å². The molecule has 1 aliphatic rings. The number of hydrogen-bond donors (Lipinski definition) is 1. The van der Waals surface area contributed by atoms with E-state index in [0.717, 1.165) is 33.5 Å². The minimum atomic E-state index is -1.23. The van der Waals surface area contributed by atoms with Crippen molar-refractivity contribution in [2.75, 3.05) is 31.1 Å². The Kier molecular flexibility index (Phi) is 6.30. The van der Waals surface area contributed by atoms with Crippen LogP contribution >= 0.6 is 11.6 Å².